The lowest BCUT2D eigenvalue weighted by molar-refractivity contribution is -0.118. The number of nitrogens with one attached hydrogen (secondary N) is 1. The van der Waals surface area contributed by atoms with Gasteiger partial charge < -0.3 is 19.5 Å². The monoisotopic (exact) mass is 372 g/mol. The predicted octanol–water partition coefficient (Wildman–Crippen LogP) is 1.27. The fourth-order valence-corrected chi connectivity index (χ4v) is 3.74. The molecule has 1 atom stereocenters. The van der Waals surface area contributed by atoms with E-state index in [2.05, 4.69) is 9.97 Å². The van der Waals surface area contributed by atoms with Crippen molar-refractivity contribution in [3.05, 3.63) is 51.8 Å². The number of morpholine rings is 1. The molecule has 4 rings (SSSR count). The van der Waals surface area contributed by atoms with Gasteiger partial charge >= 0.3 is 0 Å². The third-order valence-corrected chi connectivity index (χ3v) is 4.99. The molecular formula is C19H21FN4O3. The normalized spacial score (nSPS) is 19.3. The molecule has 0 bridgehead atoms. The Bertz CT molecular complexity index is 923. The van der Waals surface area contributed by atoms with E-state index >= 15 is 0 Å². The minimum absolute atomic E-state index is 0.0479. The first-order chi connectivity index (χ1) is 13.0. The van der Waals surface area contributed by atoms with Crippen molar-refractivity contribution in [3.8, 4) is 0 Å². The average molecular weight is 372 g/mol. The summed E-state index contributed by atoms with van der Waals surface area (Å²) in [6.45, 7) is 4.35. The molecule has 1 aromatic carbocycles. The fraction of sp³-hybridized carbons (Fsp3) is 0.421. The highest BCUT2D eigenvalue weighted by Gasteiger charge is 2.33. The minimum Gasteiger partial charge on any atom is -0.378 e. The molecule has 1 saturated heterocycles. The molecule has 1 aromatic heterocycles. The number of hydrogen-bond acceptors (Lipinski definition) is 5. The zero-order chi connectivity index (χ0) is 19.0. The van der Waals surface area contributed by atoms with Gasteiger partial charge in [0.05, 0.1) is 25.3 Å². The van der Waals surface area contributed by atoms with Crippen LogP contribution in [-0.4, -0.2) is 48.2 Å². The standard InChI is InChI=1S/C19H21FN4O3/c1-12-9-13-14(20)3-2-4-15(13)24(12)19(26)10-16-21-17(11-18(25)22-16)23-5-7-27-8-6-23/h2-4,11-12H,5-10H2,1H3,(H,21,22,25)/t12-/m1/s1. The zero-order valence-electron chi connectivity index (χ0n) is 15.1. The first-order valence-electron chi connectivity index (χ1n) is 9.05. The van der Waals surface area contributed by atoms with Gasteiger partial charge in [-0.15, -0.1) is 0 Å². The van der Waals surface area contributed by atoms with Crippen LogP contribution in [0.1, 0.15) is 18.3 Å². The van der Waals surface area contributed by atoms with Gasteiger partial charge in [-0.2, -0.15) is 0 Å². The summed E-state index contributed by atoms with van der Waals surface area (Å²) in [6.07, 6.45) is 0.430. The first-order valence-corrected chi connectivity index (χ1v) is 9.05. The summed E-state index contributed by atoms with van der Waals surface area (Å²) in [6, 6.07) is 6.05. The number of benzene rings is 1. The Morgan fingerprint density at radius 3 is 2.93 bits per heavy atom. The van der Waals surface area contributed by atoms with E-state index in [4.69, 9.17) is 4.74 Å². The predicted molar refractivity (Wildman–Crippen MR) is 98.6 cm³/mol. The lowest BCUT2D eigenvalue weighted by atomic mass is 10.1. The van der Waals surface area contributed by atoms with E-state index in [1.54, 1.807) is 17.0 Å². The third kappa shape index (κ3) is 3.44. The van der Waals surface area contributed by atoms with E-state index in [9.17, 15) is 14.0 Å². The molecule has 1 fully saturated rings. The van der Waals surface area contributed by atoms with Crippen LogP contribution in [0.2, 0.25) is 0 Å². The van der Waals surface area contributed by atoms with E-state index in [-0.39, 0.29) is 29.7 Å². The number of amides is 1. The molecule has 2 aliphatic rings. The van der Waals surface area contributed by atoms with Gasteiger partial charge in [0.15, 0.2) is 0 Å². The molecule has 0 spiro atoms. The maximum atomic E-state index is 14.0. The van der Waals surface area contributed by atoms with Crippen LogP contribution >= 0.6 is 0 Å². The van der Waals surface area contributed by atoms with Gasteiger partial charge in [-0.05, 0) is 25.5 Å². The topological polar surface area (TPSA) is 78.5 Å². The second-order valence-corrected chi connectivity index (χ2v) is 6.88. The Balaban J connectivity index is 1.58. The van der Waals surface area contributed by atoms with Crippen molar-refractivity contribution in [2.45, 2.75) is 25.8 Å². The number of ether oxygens (including phenoxy) is 1. The number of carbonyl (C=O) groups is 1. The van der Waals surface area contributed by atoms with Crippen molar-refractivity contribution >= 4 is 17.4 Å². The van der Waals surface area contributed by atoms with Gasteiger partial charge in [-0.1, -0.05) is 6.07 Å². The van der Waals surface area contributed by atoms with E-state index in [1.807, 2.05) is 11.8 Å². The SMILES string of the molecule is C[C@@H]1Cc2c(F)cccc2N1C(=O)Cc1nc(N2CCOCC2)cc(=O)[nH]1. The second-order valence-electron chi connectivity index (χ2n) is 6.88. The number of nitrogens with zero attached hydrogens (tertiary/aromatic N) is 3. The van der Waals surface area contributed by atoms with Gasteiger partial charge in [0.1, 0.15) is 17.5 Å². The number of aromatic amines is 1. The summed E-state index contributed by atoms with van der Waals surface area (Å²) < 4.78 is 19.3. The lowest BCUT2D eigenvalue weighted by Crippen LogP contribution is -2.39. The van der Waals surface area contributed by atoms with Crippen LogP contribution < -0.4 is 15.4 Å². The molecule has 3 heterocycles. The molecule has 2 aromatic rings. The number of hydrogen-bond donors (Lipinski definition) is 1. The molecule has 27 heavy (non-hydrogen) atoms. The molecular weight excluding hydrogens is 351 g/mol. The summed E-state index contributed by atoms with van der Waals surface area (Å²) in [5.74, 6) is 0.349. The van der Waals surface area contributed by atoms with Crippen LogP contribution in [0.15, 0.2) is 29.1 Å². The number of rotatable bonds is 3. The van der Waals surface area contributed by atoms with Crippen molar-refractivity contribution in [1.82, 2.24) is 9.97 Å². The largest absolute Gasteiger partial charge is 0.378 e. The number of H-pyrrole nitrogens is 1. The van der Waals surface area contributed by atoms with Crippen molar-refractivity contribution in [1.29, 1.82) is 0 Å². The van der Waals surface area contributed by atoms with Gasteiger partial charge in [-0.25, -0.2) is 9.37 Å². The fourth-order valence-electron chi connectivity index (χ4n) is 3.74. The Morgan fingerprint density at radius 2 is 2.15 bits per heavy atom. The molecule has 0 aliphatic carbocycles. The van der Waals surface area contributed by atoms with E-state index in [0.29, 0.717) is 55.6 Å². The molecule has 8 heteroatoms. The van der Waals surface area contributed by atoms with E-state index < -0.39 is 0 Å². The highest BCUT2D eigenvalue weighted by atomic mass is 19.1. The lowest BCUT2D eigenvalue weighted by Gasteiger charge is -2.28. The number of halogens is 1. The highest BCUT2D eigenvalue weighted by Crippen LogP contribution is 2.34. The smallest absolute Gasteiger partial charge is 0.252 e. The molecule has 0 radical (unpaired) electrons. The summed E-state index contributed by atoms with van der Waals surface area (Å²) >= 11 is 0. The van der Waals surface area contributed by atoms with Crippen LogP contribution in [0, 0.1) is 5.82 Å². The molecule has 7 nitrogen and oxygen atoms in total. The van der Waals surface area contributed by atoms with E-state index in [0.717, 1.165) is 0 Å². The first kappa shape index (κ1) is 17.7. The maximum absolute atomic E-state index is 14.0. The van der Waals surface area contributed by atoms with Crippen molar-refractivity contribution in [3.63, 3.8) is 0 Å². The van der Waals surface area contributed by atoms with Gasteiger partial charge in [0, 0.05) is 30.8 Å². The van der Waals surface area contributed by atoms with Crippen LogP contribution in [-0.2, 0) is 22.4 Å². The van der Waals surface area contributed by atoms with Crippen molar-refractivity contribution < 1.29 is 13.9 Å². The molecule has 0 saturated carbocycles. The van der Waals surface area contributed by atoms with Crippen LogP contribution in [0.5, 0.6) is 0 Å². The number of anilines is 2. The Labute approximate surface area is 155 Å². The quantitative estimate of drug-likeness (QED) is 0.878. The second kappa shape index (κ2) is 7.11. The zero-order valence-corrected chi connectivity index (χ0v) is 15.1. The number of carbonyl (C=O) groups excluding carboxylic acids is 1. The average Bonchev–Trinajstić information content (AvgIpc) is 2.99. The maximum Gasteiger partial charge on any atom is 0.252 e. The van der Waals surface area contributed by atoms with Crippen LogP contribution in [0.4, 0.5) is 15.9 Å². The van der Waals surface area contributed by atoms with Crippen LogP contribution in [0.3, 0.4) is 0 Å². The molecule has 1 amide bonds. The Morgan fingerprint density at radius 1 is 1.37 bits per heavy atom. The summed E-state index contributed by atoms with van der Waals surface area (Å²) in [4.78, 5) is 35.6. The van der Waals surface area contributed by atoms with Crippen molar-refractivity contribution in [2.24, 2.45) is 0 Å². The molecule has 1 N–H and O–H groups in total. The summed E-state index contributed by atoms with van der Waals surface area (Å²) in [7, 11) is 0. The molecule has 0 unspecified atom stereocenters. The number of fused-ring (bicyclic) bond motifs is 1. The minimum atomic E-state index is -0.296. The Hall–Kier alpha value is -2.74. The molecule has 2 aliphatic heterocycles. The summed E-state index contributed by atoms with van der Waals surface area (Å²) in [5, 5.41) is 0. The highest BCUT2D eigenvalue weighted by molar-refractivity contribution is 5.97. The van der Waals surface area contributed by atoms with E-state index in [1.165, 1.54) is 12.1 Å². The van der Waals surface area contributed by atoms with Crippen LogP contribution in [0.25, 0.3) is 0 Å². The van der Waals surface area contributed by atoms with Gasteiger partial charge in [0.25, 0.3) is 5.56 Å². The Kier molecular flexibility index (Phi) is 4.65. The summed E-state index contributed by atoms with van der Waals surface area (Å²) in [5.41, 5.74) is 0.858. The van der Waals surface area contributed by atoms with Gasteiger partial charge in [-0.3, -0.25) is 9.59 Å². The van der Waals surface area contributed by atoms with Crippen molar-refractivity contribution in [2.75, 3.05) is 36.1 Å². The third-order valence-electron chi connectivity index (χ3n) is 4.99. The van der Waals surface area contributed by atoms with Gasteiger partial charge in [0.2, 0.25) is 5.91 Å². The number of aromatic nitrogens is 2. The molecule has 142 valence electrons.